The third-order valence-electron chi connectivity index (χ3n) is 4.02. The van der Waals surface area contributed by atoms with E-state index in [4.69, 9.17) is 0 Å². The van der Waals surface area contributed by atoms with Gasteiger partial charge in [-0.3, -0.25) is 14.5 Å². The van der Waals surface area contributed by atoms with Gasteiger partial charge in [-0.05, 0) is 12.8 Å². The number of rotatable bonds is 3. The van der Waals surface area contributed by atoms with Crippen molar-refractivity contribution in [1.82, 2.24) is 4.90 Å². The molecule has 0 spiro atoms. The molecule has 4 nitrogen and oxygen atoms in total. The first-order valence-corrected chi connectivity index (χ1v) is 6.45. The fourth-order valence-electron chi connectivity index (χ4n) is 2.91. The number of hydrogen-bond acceptors (Lipinski definition) is 3. The van der Waals surface area contributed by atoms with Gasteiger partial charge in [0.2, 0.25) is 0 Å². The first-order valence-electron chi connectivity index (χ1n) is 6.45. The third kappa shape index (κ3) is 2.25. The third-order valence-corrected chi connectivity index (χ3v) is 4.02. The summed E-state index contributed by atoms with van der Waals surface area (Å²) in [6.45, 7) is 2.61. The van der Waals surface area contributed by atoms with E-state index in [9.17, 15) is 14.7 Å². The normalized spacial score (nSPS) is 32.7. The van der Waals surface area contributed by atoms with Gasteiger partial charge in [-0.2, -0.15) is 0 Å². The molecule has 1 N–H and O–H groups in total. The van der Waals surface area contributed by atoms with Gasteiger partial charge >= 0.3 is 5.97 Å². The Hall–Kier alpha value is -1.42. The summed E-state index contributed by atoms with van der Waals surface area (Å²) in [6.07, 6.45) is 10.4. The Kier molecular flexibility index (Phi) is 3.66. The van der Waals surface area contributed by atoms with Gasteiger partial charge < -0.3 is 5.11 Å². The first-order chi connectivity index (χ1) is 8.59. The van der Waals surface area contributed by atoms with E-state index in [2.05, 4.69) is 19.1 Å². The molecule has 0 unspecified atom stereocenters. The number of carbonyl (C=O) groups is 2. The molecule has 4 heteroatoms. The number of carboxylic acids is 1. The van der Waals surface area contributed by atoms with Crippen molar-refractivity contribution in [2.75, 3.05) is 6.54 Å². The van der Waals surface area contributed by atoms with E-state index < -0.39 is 12.0 Å². The fourth-order valence-corrected chi connectivity index (χ4v) is 2.91. The van der Waals surface area contributed by atoms with Crippen LogP contribution in [0.2, 0.25) is 0 Å². The van der Waals surface area contributed by atoms with E-state index in [0.29, 0.717) is 13.0 Å². The van der Waals surface area contributed by atoms with Gasteiger partial charge in [0, 0.05) is 24.9 Å². The second-order valence-electron chi connectivity index (χ2n) is 4.99. The summed E-state index contributed by atoms with van der Waals surface area (Å²) < 4.78 is 0. The Bertz CT molecular complexity index is 413. The van der Waals surface area contributed by atoms with E-state index in [1.807, 2.05) is 17.1 Å². The summed E-state index contributed by atoms with van der Waals surface area (Å²) >= 11 is 0. The van der Waals surface area contributed by atoms with E-state index in [0.717, 1.165) is 12.8 Å². The Morgan fingerprint density at radius 2 is 2.33 bits per heavy atom. The van der Waals surface area contributed by atoms with E-state index in [-0.39, 0.29) is 17.7 Å². The highest BCUT2D eigenvalue weighted by Gasteiger charge is 2.43. The molecule has 1 heterocycles. The molecule has 1 aliphatic carbocycles. The van der Waals surface area contributed by atoms with Crippen LogP contribution in [0, 0.1) is 0 Å². The molecule has 0 aromatic rings. The number of Topliss-reactive ketones (excluding diaryl/α,β-unsaturated/α-hetero) is 1. The number of allylic oxidation sites excluding steroid dienone is 2. The number of piperidine rings is 1. The highest BCUT2D eigenvalue weighted by Crippen LogP contribution is 2.34. The van der Waals surface area contributed by atoms with Gasteiger partial charge in [-0.15, -0.1) is 0 Å². The van der Waals surface area contributed by atoms with Gasteiger partial charge in [-0.25, -0.2) is 0 Å². The van der Waals surface area contributed by atoms with Crippen LogP contribution in [-0.2, 0) is 9.59 Å². The molecule has 2 aliphatic rings. The van der Waals surface area contributed by atoms with Crippen LogP contribution in [0.1, 0.15) is 32.6 Å². The molecule has 1 aliphatic heterocycles. The second kappa shape index (κ2) is 5.06. The number of aliphatic carboxylic acids is 1. The largest absolute Gasteiger partial charge is 0.480 e. The average Bonchev–Trinajstić information content (AvgIpc) is 2.39. The van der Waals surface area contributed by atoms with Crippen molar-refractivity contribution < 1.29 is 14.7 Å². The van der Waals surface area contributed by atoms with Crippen molar-refractivity contribution in [2.24, 2.45) is 0 Å². The molecule has 0 aromatic heterocycles. The molecule has 0 amide bonds. The van der Waals surface area contributed by atoms with E-state index in [1.54, 1.807) is 0 Å². The minimum Gasteiger partial charge on any atom is -0.480 e. The maximum atomic E-state index is 11.5. The van der Waals surface area contributed by atoms with Crippen molar-refractivity contribution >= 4 is 11.8 Å². The van der Waals surface area contributed by atoms with Crippen LogP contribution in [-0.4, -0.2) is 39.9 Å². The molecule has 1 saturated heterocycles. The predicted molar refractivity (Wildman–Crippen MR) is 68.3 cm³/mol. The van der Waals surface area contributed by atoms with Crippen molar-refractivity contribution in [1.29, 1.82) is 0 Å². The van der Waals surface area contributed by atoms with Crippen LogP contribution in [0.3, 0.4) is 0 Å². The van der Waals surface area contributed by atoms with Crippen molar-refractivity contribution in [3.8, 4) is 0 Å². The Balaban J connectivity index is 2.28. The van der Waals surface area contributed by atoms with Crippen molar-refractivity contribution in [3.05, 3.63) is 24.3 Å². The number of carbonyl (C=O) groups excluding carboxylic acids is 1. The molecule has 1 fully saturated rings. The molecule has 98 valence electrons. The number of carboxylic acid groups (broad SMARTS) is 1. The van der Waals surface area contributed by atoms with Crippen LogP contribution >= 0.6 is 0 Å². The minimum atomic E-state index is -0.890. The number of nitrogens with zero attached hydrogens (tertiary/aromatic N) is 1. The van der Waals surface area contributed by atoms with Crippen molar-refractivity contribution in [2.45, 2.75) is 44.2 Å². The Morgan fingerprint density at radius 1 is 1.56 bits per heavy atom. The van der Waals surface area contributed by atoms with Crippen LogP contribution in [0.4, 0.5) is 0 Å². The van der Waals surface area contributed by atoms with E-state index >= 15 is 0 Å². The Morgan fingerprint density at radius 3 is 2.89 bits per heavy atom. The zero-order valence-corrected chi connectivity index (χ0v) is 10.6. The summed E-state index contributed by atoms with van der Waals surface area (Å²) in [5, 5.41) is 9.33. The molecular formula is C14H19NO3. The molecule has 0 aromatic carbocycles. The second-order valence-corrected chi connectivity index (χ2v) is 4.99. The van der Waals surface area contributed by atoms with E-state index in [1.165, 1.54) is 0 Å². The topological polar surface area (TPSA) is 57.6 Å². The van der Waals surface area contributed by atoms with Crippen LogP contribution in [0.25, 0.3) is 0 Å². The smallest absolute Gasteiger partial charge is 0.321 e. The maximum absolute atomic E-state index is 11.5. The summed E-state index contributed by atoms with van der Waals surface area (Å²) in [4.78, 5) is 24.8. The van der Waals surface area contributed by atoms with Gasteiger partial charge in [-0.1, -0.05) is 31.2 Å². The molecule has 0 radical (unpaired) electrons. The van der Waals surface area contributed by atoms with Crippen LogP contribution < -0.4 is 0 Å². The molecule has 2 rings (SSSR count). The molecule has 18 heavy (non-hydrogen) atoms. The summed E-state index contributed by atoms with van der Waals surface area (Å²) in [5.41, 5.74) is -0.238. The van der Waals surface area contributed by atoms with Gasteiger partial charge in [0.1, 0.15) is 11.8 Å². The van der Waals surface area contributed by atoms with Crippen LogP contribution in [0.15, 0.2) is 24.3 Å². The summed E-state index contributed by atoms with van der Waals surface area (Å²) in [5.74, 6) is -0.834. The lowest BCUT2D eigenvalue weighted by Gasteiger charge is -2.46. The standard InChI is InChI=1S/C14H19NO3/c1-2-14(7-4-3-5-8-14)15-9-6-11(16)10-12(15)13(17)18/h3-5,7,12H,2,6,8-10H2,1H3,(H,17,18)/t12-,14-/m0/s1. The Labute approximate surface area is 107 Å². The monoisotopic (exact) mass is 249 g/mol. The molecular weight excluding hydrogens is 230 g/mol. The zero-order valence-electron chi connectivity index (χ0n) is 10.6. The van der Waals surface area contributed by atoms with Gasteiger partial charge in [0.15, 0.2) is 0 Å². The quantitative estimate of drug-likeness (QED) is 0.828. The number of ketones is 1. The number of hydrogen-bond donors (Lipinski definition) is 1. The first kappa shape index (κ1) is 13.0. The highest BCUT2D eigenvalue weighted by atomic mass is 16.4. The van der Waals surface area contributed by atoms with Gasteiger partial charge in [0.25, 0.3) is 0 Å². The fraction of sp³-hybridized carbons (Fsp3) is 0.571. The summed E-state index contributed by atoms with van der Waals surface area (Å²) in [6, 6.07) is -0.678. The molecule has 2 atom stereocenters. The average molecular weight is 249 g/mol. The number of likely N-dealkylation sites (tertiary alicyclic amines) is 1. The lowest BCUT2D eigenvalue weighted by atomic mass is 9.83. The van der Waals surface area contributed by atoms with Crippen LogP contribution in [0.5, 0.6) is 0 Å². The maximum Gasteiger partial charge on any atom is 0.321 e. The molecule has 0 saturated carbocycles. The predicted octanol–water partition coefficient (Wildman–Crippen LogP) is 1.77. The highest BCUT2D eigenvalue weighted by molar-refractivity contribution is 5.87. The minimum absolute atomic E-state index is 0.0558. The summed E-state index contributed by atoms with van der Waals surface area (Å²) in [7, 11) is 0. The lowest BCUT2D eigenvalue weighted by Crippen LogP contribution is -2.58. The lowest BCUT2D eigenvalue weighted by molar-refractivity contribution is -0.150. The van der Waals surface area contributed by atoms with Crippen molar-refractivity contribution in [3.63, 3.8) is 0 Å². The van der Waals surface area contributed by atoms with Gasteiger partial charge in [0.05, 0.1) is 0 Å². The SMILES string of the molecule is CC[C@]1(N2CCC(=O)C[C@H]2C(=O)O)C=CC=CC1. The molecule has 0 bridgehead atoms. The zero-order chi connectivity index (χ0) is 13.2.